The smallest absolute Gasteiger partial charge is 0.251 e. The average molecular weight is 306 g/mol. The Bertz CT molecular complexity index is 855. The molecule has 2 N–H and O–H groups in total. The highest BCUT2D eigenvalue weighted by Gasteiger charge is 2.45. The first-order chi connectivity index (χ1) is 9.90. The number of hydrogen-bond acceptors (Lipinski definition) is 3. The maximum Gasteiger partial charge on any atom is 0.251 e. The van der Waals surface area contributed by atoms with Gasteiger partial charge in [-0.1, -0.05) is 13.3 Å². The van der Waals surface area contributed by atoms with E-state index in [9.17, 15) is 13.2 Å². The number of aromatic nitrogens is 1. The summed E-state index contributed by atoms with van der Waals surface area (Å²) in [4.78, 5) is 14.3. The van der Waals surface area contributed by atoms with Crippen molar-refractivity contribution in [2.75, 3.05) is 4.72 Å². The van der Waals surface area contributed by atoms with Crippen molar-refractivity contribution in [3.63, 3.8) is 0 Å². The summed E-state index contributed by atoms with van der Waals surface area (Å²) < 4.78 is 27.1. The van der Waals surface area contributed by atoms with Crippen LogP contribution in [0, 0.1) is 12.8 Å². The van der Waals surface area contributed by atoms with E-state index in [4.69, 9.17) is 0 Å². The van der Waals surface area contributed by atoms with E-state index in [0.29, 0.717) is 16.8 Å². The van der Waals surface area contributed by atoms with Crippen molar-refractivity contribution in [3.8, 4) is 0 Å². The molecule has 1 aliphatic rings. The summed E-state index contributed by atoms with van der Waals surface area (Å²) >= 11 is 0. The van der Waals surface area contributed by atoms with Crippen molar-refractivity contribution in [2.24, 2.45) is 5.92 Å². The predicted molar refractivity (Wildman–Crippen MR) is 84.0 cm³/mol. The molecule has 2 atom stereocenters. The largest absolute Gasteiger partial charge is 0.322 e. The van der Waals surface area contributed by atoms with Gasteiger partial charge in [-0.2, -0.15) is 0 Å². The number of nitrogens with one attached hydrogen (secondary N) is 2. The molecule has 0 radical (unpaired) electrons. The van der Waals surface area contributed by atoms with Crippen LogP contribution in [-0.4, -0.2) is 18.7 Å². The minimum Gasteiger partial charge on any atom is -0.322 e. The number of sulfonamides is 1. The lowest BCUT2D eigenvalue weighted by atomic mass is 10.1. The number of rotatable bonds is 4. The standard InChI is InChI=1S/C15H18N2O3S/c1-3-10-8-14(10)21(19,20)17-12-4-5-13-11(7-12)6-9(2)15(18)16-13/h4-7,10,14,17H,3,8H2,1-2H3,(H,16,18)/t10-,14+/m0/s1. The zero-order valence-corrected chi connectivity index (χ0v) is 12.8. The van der Waals surface area contributed by atoms with Crippen LogP contribution in [0.25, 0.3) is 10.9 Å². The van der Waals surface area contributed by atoms with E-state index in [2.05, 4.69) is 9.71 Å². The Kier molecular flexibility index (Phi) is 3.28. The van der Waals surface area contributed by atoms with E-state index in [1.54, 1.807) is 31.2 Å². The molecule has 0 saturated heterocycles. The third-order valence-corrected chi connectivity index (χ3v) is 5.97. The van der Waals surface area contributed by atoms with Gasteiger partial charge in [-0.3, -0.25) is 9.52 Å². The lowest BCUT2D eigenvalue weighted by Gasteiger charge is -2.09. The van der Waals surface area contributed by atoms with E-state index in [1.165, 1.54) is 0 Å². The number of pyridine rings is 1. The van der Waals surface area contributed by atoms with Gasteiger partial charge < -0.3 is 4.98 Å². The minimum atomic E-state index is -3.31. The second-order valence-electron chi connectivity index (χ2n) is 5.67. The molecule has 0 bridgehead atoms. The van der Waals surface area contributed by atoms with E-state index in [-0.39, 0.29) is 16.7 Å². The first-order valence-corrected chi connectivity index (χ1v) is 8.60. The van der Waals surface area contributed by atoms with E-state index >= 15 is 0 Å². The van der Waals surface area contributed by atoms with Crippen molar-refractivity contribution in [1.29, 1.82) is 0 Å². The number of benzene rings is 1. The predicted octanol–water partition coefficient (Wildman–Crippen LogP) is 2.38. The Morgan fingerprint density at radius 3 is 2.76 bits per heavy atom. The van der Waals surface area contributed by atoms with Gasteiger partial charge >= 0.3 is 0 Å². The van der Waals surface area contributed by atoms with Crippen molar-refractivity contribution in [1.82, 2.24) is 4.98 Å². The van der Waals surface area contributed by atoms with E-state index < -0.39 is 10.0 Å². The summed E-state index contributed by atoms with van der Waals surface area (Å²) in [7, 11) is -3.31. The van der Waals surface area contributed by atoms with Gasteiger partial charge in [0.2, 0.25) is 10.0 Å². The summed E-state index contributed by atoms with van der Waals surface area (Å²) in [6.45, 7) is 3.74. The van der Waals surface area contributed by atoms with E-state index in [1.807, 2.05) is 6.92 Å². The topological polar surface area (TPSA) is 79.0 Å². The third kappa shape index (κ3) is 2.68. The van der Waals surface area contributed by atoms with Crippen molar-refractivity contribution < 1.29 is 8.42 Å². The molecule has 1 aromatic carbocycles. The molecular weight excluding hydrogens is 288 g/mol. The van der Waals surface area contributed by atoms with Crippen LogP contribution < -0.4 is 10.3 Å². The van der Waals surface area contributed by atoms with Crippen LogP contribution in [0.3, 0.4) is 0 Å². The van der Waals surface area contributed by atoms with Gasteiger partial charge in [-0.15, -0.1) is 0 Å². The number of fused-ring (bicyclic) bond motifs is 1. The van der Waals surface area contributed by atoms with Crippen LogP contribution >= 0.6 is 0 Å². The molecule has 3 rings (SSSR count). The van der Waals surface area contributed by atoms with Crippen LogP contribution in [0.1, 0.15) is 25.3 Å². The van der Waals surface area contributed by atoms with Crippen molar-refractivity contribution in [3.05, 3.63) is 40.2 Å². The molecule has 1 fully saturated rings. The molecule has 1 aliphatic carbocycles. The summed E-state index contributed by atoms with van der Waals surface area (Å²) in [5, 5.41) is 0.547. The zero-order valence-electron chi connectivity index (χ0n) is 12.0. The molecule has 1 heterocycles. The number of hydrogen-bond donors (Lipinski definition) is 2. The quantitative estimate of drug-likeness (QED) is 0.910. The van der Waals surface area contributed by atoms with Crippen molar-refractivity contribution >= 4 is 26.6 Å². The molecule has 6 heteroatoms. The van der Waals surface area contributed by atoms with Crippen LogP contribution in [0.2, 0.25) is 0 Å². The Morgan fingerprint density at radius 2 is 2.10 bits per heavy atom. The highest BCUT2D eigenvalue weighted by molar-refractivity contribution is 7.93. The van der Waals surface area contributed by atoms with Crippen LogP contribution in [-0.2, 0) is 10.0 Å². The SMILES string of the molecule is CC[C@H]1C[C@H]1S(=O)(=O)Nc1ccc2[nH]c(=O)c(C)cc2c1. The van der Waals surface area contributed by atoms with Gasteiger partial charge in [0.05, 0.1) is 5.25 Å². The first-order valence-electron chi connectivity index (χ1n) is 7.06. The Labute approximate surface area is 123 Å². The third-order valence-electron chi connectivity index (χ3n) is 4.07. The van der Waals surface area contributed by atoms with Gasteiger partial charge in [0.1, 0.15) is 0 Å². The fourth-order valence-corrected chi connectivity index (χ4v) is 4.46. The highest BCUT2D eigenvalue weighted by atomic mass is 32.2. The molecule has 5 nitrogen and oxygen atoms in total. The highest BCUT2D eigenvalue weighted by Crippen LogP contribution is 2.40. The molecule has 112 valence electrons. The normalized spacial score (nSPS) is 21.4. The average Bonchev–Trinajstić information content (AvgIpc) is 3.20. The van der Waals surface area contributed by atoms with Gasteiger partial charge in [0.15, 0.2) is 0 Å². The van der Waals surface area contributed by atoms with Gasteiger partial charge in [-0.25, -0.2) is 8.42 Å². The summed E-state index contributed by atoms with van der Waals surface area (Å²) in [5.74, 6) is 0.279. The van der Waals surface area contributed by atoms with Crippen LogP contribution in [0.4, 0.5) is 5.69 Å². The minimum absolute atomic E-state index is 0.125. The molecule has 1 saturated carbocycles. The van der Waals surface area contributed by atoms with E-state index in [0.717, 1.165) is 18.2 Å². The maximum atomic E-state index is 12.2. The number of aromatic amines is 1. The molecule has 0 spiro atoms. The van der Waals surface area contributed by atoms with Gasteiger partial charge in [0.25, 0.3) is 5.56 Å². The molecule has 21 heavy (non-hydrogen) atoms. The Morgan fingerprint density at radius 1 is 1.33 bits per heavy atom. The second-order valence-corrected chi connectivity index (χ2v) is 7.57. The summed E-state index contributed by atoms with van der Waals surface area (Å²) in [6, 6.07) is 6.91. The molecule has 0 amide bonds. The number of H-pyrrole nitrogens is 1. The Hall–Kier alpha value is -1.82. The zero-order chi connectivity index (χ0) is 15.2. The molecule has 0 aliphatic heterocycles. The lowest BCUT2D eigenvalue weighted by molar-refractivity contribution is 0.596. The molecular formula is C15H18N2O3S. The van der Waals surface area contributed by atoms with Crippen LogP contribution in [0.5, 0.6) is 0 Å². The molecule has 0 unspecified atom stereocenters. The number of aryl methyl sites for hydroxylation is 1. The summed E-state index contributed by atoms with van der Waals surface area (Å²) in [6.07, 6.45) is 1.63. The monoisotopic (exact) mass is 306 g/mol. The first kappa shape index (κ1) is 14.1. The Balaban J connectivity index is 1.91. The fourth-order valence-electron chi connectivity index (χ4n) is 2.65. The number of anilines is 1. The fraction of sp³-hybridized carbons (Fsp3) is 0.400. The maximum absolute atomic E-state index is 12.2. The summed E-state index contributed by atoms with van der Waals surface area (Å²) in [5.41, 5.74) is 1.72. The van der Waals surface area contributed by atoms with Crippen LogP contribution in [0.15, 0.2) is 29.1 Å². The van der Waals surface area contributed by atoms with Gasteiger partial charge in [0, 0.05) is 22.2 Å². The van der Waals surface area contributed by atoms with Gasteiger partial charge in [-0.05, 0) is 43.5 Å². The van der Waals surface area contributed by atoms with Crippen molar-refractivity contribution in [2.45, 2.75) is 31.9 Å². The molecule has 1 aromatic heterocycles. The molecule has 2 aromatic rings. The lowest BCUT2D eigenvalue weighted by Crippen LogP contribution is -2.19. The second kappa shape index (κ2) is 4.87.